The standard InChI is InChI=1S/C30H29N5O.ClH/c1-34-28-5-3-2-4-24(28)30(29(34)36)19-25(30)21-9-12-23-26(32-33-27(23)18-21)13-8-20-6-10-22(11-7-20)35-16-14-31-15-17-35;/h2-13,18,25,31H,14-17,19H2,1H3,(H,32,33);1H/t25-,30-;/m0./s1. The van der Waals surface area contributed by atoms with Gasteiger partial charge in [-0.05, 0) is 53.5 Å². The third-order valence-electron chi connectivity index (χ3n) is 8.22. The first-order valence-electron chi connectivity index (χ1n) is 12.7. The molecule has 188 valence electrons. The second-order valence-corrected chi connectivity index (χ2v) is 10.2. The summed E-state index contributed by atoms with van der Waals surface area (Å²) < 4.78 is 0. The quantitative estimate of drug-likeness (QED) is 0.406. The summed E-state index contributed by atoms with van der Waals surface area (Å²) in [7, 11) is 1.89. The lowest BCUT2D eigenvalue weighted by atomic mass is 9.92. The number of hydrogen-bond donors (Lipinski definition) is 2. The van der Waals surface area contributed by atoms with Gasteiger partial charge in [0, 0.05) is 55.9 Å². The monoisotopic (exact) mass is 511 g/mol. The number of carbonyl (C=O) groups is 1. The Hall–Kier alpha value is -3.61. The Morgan fingerprint density at radius 2 is 1.78 bits per heavy atom. The minimum absolute atomic E-state index is 0. The lowest BCUT2D eigenvalue weighted by Gasteiger charge is -2.29. The minimum Gasteiger partial charge on any atom is -0.369 e. The zero-order valence-corrected chi connectivity index (χ0v) is 21.6. The summed E-state index contributed by atoms with van der Waals surface area (Å²) >= 11 is 0. The molecular formula is C30H30ClN5O. The lowest BCUT2D eigenvalue weighted by Crippen LogP contribution is -2.43. The number of piperazine rings is 1. The highest BCUT2D eigenvalue weighted by Crippen LogP contribution is 2.66. The Kier molecular flexibility index (Phi) is 5.81. The molecular weight excluding hydrogens is 482 g/mol. The van der Waals surface area contributed by atoms with E-state index >= 15 is 0 Å². The summed E-state index contributed by atoms with van der Waals surface area (Å²) in [5.41, 5.74) is 7.37. The van der Waals surface area contributed by atoms with Gasteiger partial charge in [0.1, 0.15) is 0 Å². The fourth-order valence-electron chi connectivity index (χ4n) is 6.16. The SMILES string of the molecule is CN1C(=O)[C@@]2(C[C@H]2c2ccc3c(C=Cc4ccc(N5CCNCC5)cc4)n[nH]c3c2)c2ccccc21.Cl. The van der Waals surface area contributed by atoms with Crippen LogP contribution in [-0.4, -0.2) is 49.3 Å². The number of aromatic nitrogens is 2. The molecule has 2 aliphatic heterocycles. The van der Waals surface area contributed by atoms with Crippen molar-refractivity contribution in [3.63, 3.8) is 0 Å². The maximum atomic E-state index is 13.2. The molecule has 1 saturated heterocycles. The second kappa shape index (κ2) is 9.05. The predicted molar refractivity (Wildman–Crippen MR) is 153 cm³/mol. The number of hydrogen-bond acceptors (Lipinski definition) is 4. The Balaban J connectivity index is 0.00000252. The number of anilines is 2. The molecule has 2 N–H and O–H groups in total. The minimum atomic E-state index is -0.404. The maximum Gasteiger partial charge on any atom is 0.238 e. The number of carbonyl (C=O) groups excluding carboxylic acids is 1. The van der Waals surface area contributed by atoms with Crippen molar-refractivity contribution in [2.24, 2.45) is 0 Å². The Morgan fingerprint density at radius 1 is 1.00 bits per heavy atom. The zero-order valence-electron chi connectivity index (χ0n) is 20.8. The van der Waals surface area contributed by atoms with E-state index in [0.29, 0.717) is 0 Å². The number of likely N-dealkylation sites (N-methyl/N-ethyl adjacent to an activating group) is 1. The summed E-state index contributed by atoms with van der Waals surface area (Å²) in [6.45, 7) is 4.18. The fourth-order valence-corrected chi connectivity index (χ4v) is 6.16. The van der Waals surface area contributed by atoms with Gasteiger partial charge in [0.15, 0.2) is 0 Å². The summed E-state index contributed by atoms with van der Waals surface area (Å²) in [5, 5.41) is 12.3. The summed E-state index contributed by atoms with van der Waals surface area (Å²) in [6.07, 6.45) is 5.05. The number of nitrogens with one attached hydrogen (secondary N) is 2. The molecule has 1 spiro atoms. The van der Waals surface area contributed by atoms with Gasteiger partial charge in [-0.2, -0.15) is 5.10 Å². The number of H-pyrrole nitrogens is 1. The van der Waals surface area contributed by atoms with E-state index in [1.807, 2.05) is 30.1 Å². The predicted octanol–water partition coefficient (Wildman–Crippen LogP) is 4.97. The van der Waals surface area contributed by atoms with Crippen molar-refractivity contribution in [3.8, 4) is 0 Å². The van der Waals surface area contributed by atoms with Crippen LogP contribution < -0.4 is 15.1 Å². The van der Waals surface area contributed by atoms with Crippen molar-refractivity contribution < 1.29 is 4.79 Å². The normalized spacial score (nSPS) is 22.6. The van der Waals surface area contributed by atoms with Crippen molar-refractivity contribution in [3.05, 3.63) is 89.1 Å². The average Bonchev–Trinajstić information content (AvgIpc) is 3.51. The first-order valence-corrected chi connectivity index (χ1v) is 12.7. The van der Waals surface area contributed by atoms with E-state index in [-0.39, 0.29) is 24.2 Å². The van der Waals surface area contributed by atoms with Gasteiger partial charge in [-0.25, -0.2) is 0 Å². The van der Waals surface area contributed by atoms with E-state index in [9.17, 15) is 4.79 Å². The van der Waals surface area contributed by atoms with Crippen molar-refractivity contribution >= 4 is 52.7 Å². The van der Waals surface area contributed by atoms with Crippen LogP contribution in [0.15, 0.2) is 66.7 Å². The van der Waals surface area contributed by atoms with Gasteiger partial charge in [0.2, 0.25) is 5.91 Å². The van der Waals surface area contributed by atoms with E-state index in [1.54, 1.807) is 0 Å². The van der Waals surface area contributed by atoms with Crippen molar-refractivity contribution in [2.45, 2.75) is 17.8 Å². The Labute approximate surface area is 222 Å². The highest BCUT2D eigenvalue weighted by molar-refractivity contribution is 6.11. The molecule has 1 aliphatic carbocycles. The number of halogens is 1. The van der Waals surface area contributed by atoms with Gasteiger partial charge < -0.3 is 15.1 Å². The van der Waals surface area contributed by atoms with Crippen LogP contribution >= 0.6 is 12.4 Å². The molecule has 4 aromatic rings. The van der Waals surface area contributed by atoms with Gasteiger partial charge in [-0.1, -0.05) is 48.5 Å². The molecule has 1 aromatic heterocycles. The largest absolute Gasteiger partial charge is 0.369 e. The van der Waals surface area contributed by atoms with E-state index < -0.39 is 5.41 Å². The molecule has 6 nitrogen and oxygen atoms in total. The van der Waals surface area contributed by atoms with Crippen molar-refractivity contribution in [2.75, 3.05) is 43.0 Å². The van der Waals surface area contributed by atoms with Gasteiger partial charge in [-0.3, -0.25) is 9.89 Å². The Morgan fingerprint density at radius 3 is 2.59 bits per heavy atom. The molecule has 0 unspecified atom stereocenters. The van der Waals surface area contributed by atoms with E-state index in [1.165, 1.54) is 16.8 Å². The number of nitrogens with zero attached hydrogens (tertiary/aromatic N) is 3. The van der Waals surface area contributed by atoms with Crippen molar-refractivity contribution in [1.82, 2.24) is 15.5 Å². The highest BCUT2D eigenvalue weighted by Gasteiger charge is 2.66. The van der Waals surface area contributed by atoms with E-state index in [2.05, 4.69) is 81.1 Å². The van der Waals surface area contributed by atoms with Crippen LogP contribution in [0.2, 0.25) is 0 Å². The molecule has 3 aliphatic rings. The first kappa shape index (κ1) is 23.8. The highest BCUT2D eigenvalue weighted by atomic mass is 35.5. The zero-order chi connectivity index (χ0) is 24.3. The van der Waals surface area contributed by atoms with E-state index in [4.69, 9.17) is 0 Å². The summed E-state index contributed by atoms with van der Waals surface area (Å²) in [6, 6.07) is 23.4. The average molecular weight is 512 g/mol. The molecule has 7 rings (SSSR count). The van der Waals surface area contributed by atoms with Crippen LogP contribution in [0.5, 0.6) is 0 Å². The third-order valence-corrected chi connectivity index (χ3v) is 8.22. The van der Waals surface area contributed by atoms with Crippen LogP contribution in [0.3, 0.4) is 0 Å². The van der Waals surface area contributed by atoms with Gasteiger partial charge in [-0.15, -0.1) is 12.4 Å². The van der Waals surface area contributed by atoms with Crippen LogP contribution in [0.4, 0.5) is 11.4 Å². The van der Waals surface area contributed by atoms with Gasteiger partial charge >= 0.3 is 0 Å². The summed E-state index contributed by atoms with van der Waals surface area (Å²) in [5.74, 6) is 0.419. The molecule has 2 atom stereocenters. The topological polar surface area (TPSA) is 64.3 Å². The molecule has 37 heavy (non-hydrogen) atoms. The number of aromatic amines is 1. The third kappa shape index (κ3) is 3.74. The molecule has 0 radical (unpaired) electrons. The molecule has 1 saturated carbocycles. The number of amides is 1. The van der Waals surface area contributed by atoms with Gasteiger partial charge in [0.25, 0.3) is 0 Å². The van der Waals surface area contributed by atoms with E-state index in [0.717, 1.165) is 60.4 Å². The number of benzene rings is 3. The smallest absolute Gasteiger partial charge is 0.238 e. The lowest BCUT2D eigenvalue weighted by molar-refractivity contribution is -0.120. The summed E-state index contributed by atoms with van der Waals surface area (Å²) in [4.78, 5) is 17.5. The number of fused-ring (bicyclic) bond motifs is 3. The number of rotatable bonds is 4. The molecule has 2 fully saturated rings. The van der Waals surface area contributed by atoms with Gasteiger partial charge in [0.05, 0.1) is 16.6 Å². The molecule has 3 aromatic carbocycles. The van der Waals surface area contributed by atoms with Crippen LogP contribution in [0, 0.1) is 0 Å². The van der Waals surface area contributed by atoms with Crippen molar-refractivity contribution in [1.29, 1.82) is 0 Å². The maximum absolute atomic E-state index is 13.2. The van der Waals surface area contributed by atoms with Crippen LogP contribution in [0.25, 0.3) is 23.1 Å². The first-order chi connectivity index (χ1) is 17.6. The molecule has 1 amide bonds. The molecule has 7 heteroatoms. The molecule has 0 bridgehead atoms. The van der Waals surface area contributed by atoms with Crippen LogP contribution in [0.1, 0.15) is 34.7 Å². The second-order valence-electron chi connectivity index (χ2n) is 10.2. The fraction of sp³-hybridized carbons (Fsp3) is 0.267. The number of para-hydroxylation sites is 1. The van der Waals surface area contributed by atoms with Crippen LogP contribution in [-0.2, 0) is 10.2 Å². The Bertz CT molecular complexity index is 1500. The molecule has 3 heterocycles.